The van der Waals surface area contributed by atoms with Crippen molar-refractivity contribution in [2.24, 2.45) is 11.7 Å². The zero-order valence-corrected chi connectivity index (χ0v) is 12.4. The van der Waals surface area contributed by atoms with Gasteiger partial charge in [-0.05, 0) is 49.3 Å². The van der Waals surface area contributed by atoms with Crippen LogP contribution in [0.1, 0.15) is 44.6 Å². The van der Waals surface area contributed by atoms with Crippen LogP contribution in [-0.2, 0) is 6.42 Å². The number of hydrogen-bond donors (Lipinski definition) is 1. The Balaban J connectivity index is 2.11. The molecule has 1 fully saturated rings. The van der Waals surface area contributed by atoms with Gasteiger partial charge in [-0.3, -0.25) is 0 Å². The van der Waals surface area contributed by atoms with Crippen LogP contribution < -0.4 is 5.73 Å². The Kier molecular flexibility index (Phi) is 4.58. The standard InChI is InChI=1S/C15H21Cl2N/c1-11-3-2-7-15(18,8-6-11)10-12-4-5-13(16)9-14(12)17/h4-5,9,11H,2-3,6-8,10,18H2,1H3. The van der Waals surface area contributed by atoms with Gasteiger partial charge in [0, 0.05) is 15.6 Å². The molecule has 0 aliphatic heterocycles. The summed E-state index contributed by atoms with van der Waals surface area (Å²) in [6, 6.07) is 5.71. The summed E-state index contributed by atoms with van der Waals surface area (Å²) in [6.45, 7) is 2.32. The van der Waals surface area contributed by atoms with Gasteiger partial charge in [0.05, 0.1) is 0 Å². The number of hydrogen-bond acceptors (Lipinski definition) is 1. The van der Waals surface area contributed by atoms with E-state index in [0.29, 0.717) is 5.02 Å². The molecule has 2 rings (SSSR count). The molecule has 1 aromatic rings. The Hall–Kier alpha value is -0.240. The van der Waals surface area contributed by atoms with Gasteiger partial charge in [-0.15, -0.1) is 0 Å². The second-order valence-corrected chi connectivity index (χ2v) is 6.65. The van der Waals surface area contributed by atoms with E-state index in [-0.39, 0.29) is 5.54 Å². The topological polar surface area (TPSA) is 26.0 Å². The molecule has 2 N–H and O–H groups in total. The summed E-state index contributed by atoms with van der Waals surface area (Å²) in [4.78, 5) is 0. The third-order valence-electron chi connectivity index (χ3n) is 4.06. The molecule has 1 aromatic carbocycles. The normalized spacial score (nSPS) is 29.0. The molecule has 0 radical (unpaired) electrons. The smallest absolute Gasteiger partial charge is 0.0453 e. The maximum Gasteiger partial charge on any atom is 0.0453 e. The fourth-order valence-electron chi connectivity index (χ4n) is 2.83. The highest BCUT2D eigenvalue weighted by molar-refractivity contribution is 6.35. The fourth-order valence-corrected chi connectivity index (χ4v) is 3.30. The Morgan fingerprint density at radius 2 is 2.06 bits per heavy atom. The van der Waals surface area contributed by atoms with Gasteiger partial charge in [0.2, 0.25) is 0 Å². The number of rotatable bonds is 2. The van der Waals surface area contributed by atoms with Gasteiger partial charge in [0.15, 0.2) is 0 Å². The molecule has 3 heteroatoms. The van der Waals surface area contributed by atoms with Crippen LogP contribution in [0.15, 0.2) is 18.2 Å². The van der Waals surface area contributed by atoms with Crippen molar-refractivity contribution in [1.29, 1.82) is 0 Å². The van der Waals surface area contributed by atoms with Gasteiger partial charge >= 0.3 is 0 Å². The lowest BCUT2D eigenvalue weighted by atomic mass is 9.84. The predicted molar refractivity (Wildman–Crippen MR) is 79.3 cm³/mol. The van der Waals surface area contributed by atoms with Crippen molar-refractivity contribution in [1.82, 2.24) is 0 Å². The first-order valence-electron chi connectivity index (χ1n) is 6.71. The van der Waals surface area contributed by atoms with Crippen LogP contribution in [0, 0.1) is 5.92 Å². The summed E-state index contributed by atoms with van der Waals surface area (Å²) < 4.78 is 0. The molecule has 2 unspecified atom stereocenters. The van der Waals surface area contributed by atoms with Crippen molar-refractivity contribution in [2.45, 2.75) is 51.0 Å². The van der Waals surface area contributed by atoms with Crippen LogP contribution in [-0.4, -0.2) is 5.54 Å². The van der Waals surface area contributed by atoms with E-state index in [1.54, 1.807) is 6.07 Å². The van der Waals surface area contributed by atoms with Crippen LogP contribution >= 0.6 is 23.2 Å². The van der Waals surface area contributed by atoms with E-state index in [9.17, 15) is 0 Å². The van der Waals surface area contributed by atoms with Gasteiger partial charge in [-0.1, -0.05) is 49.0 Å². The molecule has 2 atom stereocenters. The summed E-state index contributed by atoms with van der Waals surface area (Å²) in [7, 11) is 0. The number of halogens is 2. The minimum absolute atomic E-state index is 0.0950. The third-order valence-corrected chi connectivity index (χ3v) is 4.65. The summed E-state index contributed by atoms with van der Waals surface area (Å²) in [5.74, 6) is 0.802. The van der Waals surface area contributed by atoms with Crippen molar-refractivity contribution < 1.29 is 0 Å². The second-order valence-electron chi connectivity index (χ2n) is 5.81. The molecule has 1 nitrogen and oxygen atoms in total. The molecular formula is C15H21Cl2N. The molecule has 100 valence electrons. The van der Waals surface area contributed by atoms with Gasteiger partial charge in [-0.2, -0.15) is 0 Å². The maximum atomic E-state index is 6.57. The molecule has 0 spiro atoms. The van der Waals surface area contributed by atoms with Crippen molar-refractivity contribution in [3.05, 3.63) is 33.8 Å². The largest absolute Gasteiger partial charge is 0.325 e. The second kappa shape index (κ2) is 5.81. The number of nitrogens with two attached hydrogens (primary N) is 1. The Labute approximate surface area is 120 Å². The average molecular weight is 286 g/mol. The van der Waals surface area contributed by atoms with Crippen molar-refractivity contribution >= 4 is 23.2 Å². The average Bonchev–Trinajstić information content (AvgIpc) is 2.46. The molecule has 1 saturated carbocycles. The quantitative estimate of drug-likeness (QED) is 0.774. The number of benzene rings is 1. The van der Waals surface area contributed by atoms with Crippen LogP contribution in [0.2, 0.25) is 10.0 Å². The monoisotopic (exact) mass is 285 g/mol. The SMILES string of the molecule is CC1CCCC(N)(Cc2ccc(Cl)cc2Cl)CC1. The molecule has 1 aliphatic rings. The third kappa shape index (κ3) is 3.63. The zero-order valence-electron chi connectivity index (χ0n) is 10.9. The molecule has 0 aromatic heterocycles. The minimum Gasteiger partial charge on any atom is -0.325 e. The van der Waals surface area contributed by atoms with Gasteiger partial charge in [-0.25, -0.2) is 0 Å². The predicted octanol–water partition coefficient (Wildman–Crippen LogP) is 4.83. The van der Waals surface area contributed by atoms with E-state index in [0.717, 1.165) is 35.8 Å². The lowest BCUT2D eigenvalue weighted by molar-refractivity contribution is 0.363. The van der Waals surface area contributed by atoms with E-state index in [1.807, 2.05) is 12.1 Å². The first-order valence-corrected chi connectivity index (χ1v) is 7.47. The highest BCUT2D eigenvalue weighted by Crippen LogP contribution is 2.33. The first kappa shape index (κ1) is 14.2. The van der Waals surface area contributed by atoms with E-state index >= 15 is 0 Å². The van der Waals surface area contributed by atoms with Crippen LogP contribution in [0.4, 0.5) is 0 Å². The molecule has 0 bridgehead atoms. The molecule has 0 saturated heterocycles. The molecule has 0 amide bonds. The van der Waals surface area contributed by atoms with Gasteiger partial charge < -0.3 is 5.73 Å². The van der Waals surface area contributed by atoms with Crippen LogP contribution in [0.3, 0.4) is 0 Å². The maximum absolute atomic E-state index is 6.57. The summed E-state index contributed by atoms with van der Waals surface area (Å²) >= 11 is 12.2. The lowest BCUT2D eigenvalue weighted by Gasteiger charge is -2.28. The van der Waals surface area contributed by atoms with Crippen LogP contribution in [0.25, 0.3) is 0 Å². The van der Waals surface area contributed by atoms with Crippen molar-refractivity contribution in [3.8, 4) is 0 Å². The first-order chi connectivity index (χ1) is 8.48. The van der Waals surface area contributed by atoms with Gasteiger partial charge in [0.1, 0.15) is 0 Å². The van der Waals surface area contributed by atoms with E-state index in [2.05, 4.69) is 6.92 Å². The highest BCUT2D eigenvalue weighted by Gasteiger charge is 2.29. The van der Waals surface area contributed by atoms with Crippen molar-refractivity contribution in [2.75, 3.05) is 0 Å². The molecule has 18 heavy (non-hydrogen) atoms. The van der Waals surface area contributed by atoms with E-state index in [4.69, 9.17) is 28.9 Å². The Morgan fingerprint density at radius 1 is 1.28 bits per heavy atom. The van der Waals surface area contributed by atoms with E-state index in [1.165, 1.54) is 19.3 Å². The van der Waals surface area contributed by atoms with Gasteiger partial charge in [0.25, 0.3) is 0 Å². The van der Waals surface area contributed by atoms with Crippen LogP contribution in [0.5, 0.6) is 0 Å². The Bertz CT molecular complexity index is 419. The Morgan fingerprint density at radius 3 is 2.78 bits per heavy atom. The summed E-state index contributed by atoms with van der Waals surface area (Å²) in [5.41, 5.74) is 7.60. The summed E-state index contributed by atoms with van der Waals surface area (Å²) in [6.07, 6.45) is 6.79. The summed E-state index contributed by atoms with van der Waals surface area (Å²) in [5, 5.41) is 1.42. The highest BCUT2D eigenvalue weighted by atomic mass is 35.5. The fraction of sp³-hybridized carbons (Fsp3) is 0.600. The molecule has 0 heterocycles. The minimum atomic E-state index is -0.0950. The zero-order chi connectivity index (χ0) is 13.2. The molecule has 1 aliphatic carbocycles. The van der Waals surface area contributed by atoms with Crippen molar-refractivity contribution in [3.63, 3.8) is 0 Å². The molecular weight excluding hydrogens is 265 g/mol. The lowest BCUT2D eigenvalue weighted by Crippen LogP contribution is -2.41. The van der Waals surface area contributed by atoms with E-state index < -0.39 is 0 Å².